The van der Waals surface area contributed by atoms with Gasteiger partial charge in [0.25, 0.3) is 5.91 Å². The molecular weight excluding hydrogens is 498 g/mol. The fraction of sp³-hybridized carbons (Fsp3) is 0.200. The van der Waals surface area contributed by atoms with Crippen LogP contribution in [0.1, 0.15) is 27.0 Å². The number of para-hydroxylation sites is 2. The number of nitrogens with one attached hydrogen (secondary N) is 3. The lowest BCUT2D eigenvalue weighted by molar-refractivity contribution is 0.0945. The van der Waals surface area contributed by atoms with Crippen LogP contribution in [0, 0.1) is 5.82 Å². The summed E-state index contributed by atoms with van der Waals surface area (Å²) in [6.45, 7) is 1.32. The average molecular weight is 520 g/mol. The molecule has 0 spiro atoms. The van der Waals surface area contributed by atoms with E-state index in [0.717, 1.165) is 34.8 Å². The second-order valence-electron chi connectivity index (χ2n) is 6.37. The third kappa shape index (κ3) is 7.11. The standard InChI is InChI=1S/C20H19FN6OS.3ClH/c21-13-4-3-8-23-16(13)10-24-20(28)17-12-29-19(27-17)11-22-9-7-18-25-14-5-1-2-6-15(14)26-18;;;/h1-6,8,12,22H,7,9-11H2,(H,24,28)(H,25,26);3*1H. The summed E-state index contributed by atoms with van der Waals surface area (Å²) in [7, 11) is 0. The van der Waals surface area contributed by atoms with Gasteiger partial charge in [0.05, 0.1) is 23.3 Å². The zero-order valence-corrected chi connectivity index (χ0v) is 20.0. The molecule has 0 aliphatic heterocycles. The van der Waals surface area contributed by atoms with Gasteiger partial charge in [-0.3, -0.25) is 9.78 Å². The summed E-state index contributed by atoms with van der Waals surface area (Å²) in [5.41, 5.74) is 2.51. The predicted molar refractivity (Wildman–Crippen MR) is 131 cm³/mol. The first kappa shape index (κ1) is 27.7. The van der Waals surface area contributed by atoms with Gasteiger partial charge in [-0.2, -0.15) is 0 Å². The summed E-state index contributed by atoms with van der Waals surface area (Å²) in [6, 6.07) is 10.7. The molecular formula is C20H22Cl3FN6OS. The number of rotatable bonds is 8. The Kier molecular flexibility index (Phi) is 11.5. The number of H-pyrrole nitrogens is 1. The zero-order chi connectivity index (χ0) is 20.1. The number of aromatic nitrogens is 4. The molecule has 0 saturated carbocycles. The summed E-state index contributed by atoms with van der Waals surface area (Å²) >= 11 is 1.41. The minimum atomic E-state index is -0.444. The number of amides is 1. The zero-order valence-electron chi connectivity index (χ0n) is 16.7. The van der Waals surface area contributed by atoms with E-state index in [1.165, 1.54) is 29.7 Å². The Morgan fingerprint density at radius 1 is 1.06 bits per heavy atom. The lowest BCUT2D eigenvalue weighted by atomic mass is 10.3. The number of aromatic amines is 1. The number of thiazole rings is 1. The molecule has 32 heavy (non-hydrogen) atoms. The number of hydrogen-bond acceptors (Lipinski definition) is 6. The van der Waals surface area contributed by atoms with Gasteiger partial charge in [0.1, 0.15) is 22.3 Å². The molecule has 1 aromatic carbocycles. The first-order chi connectivity index (χ1) is 14.2. The lowest BCUT2D eigenvalue weighted by Crippen LogP contribution is -2.24. The Balaban J connectivity index is 0.00000171. The molecule has 0 bridgehead atoms. The van der Waals surface area contributed by atoms with Crippen molar-refractivity contribution in [3.63, 3.8) is 0 Å². The molecule has 3 N–H and O–H groups in total. The molecule has 4 aromatic rings. The number of carbonyl (C=O) groups is 1. The summed E-state index contributed by atoms with van der Waals surface area (Å²) < 4.78 is 13.6. The smallest absolute Gasteiger partial charge is 0.271 e. The molecule has 0 fully saturated rings. The molecule has 0 atom stereocenters. The van der Waals surface area contributed by atoms with Gasteiger partial charge in [-0.15, -0.1) is 48.6 Å². The maximum atomic E-state index is 13.6. The monoisotopic (exact) mass is 518 g/mol. The van der Waals surface area contributed by atoms with Gasteiger partial charge in [0.15, 0.2) is 0 Å². The number of imidazole rings is 1. The molecule has 0 unspecified atom stereocenters. The van der Waals surface area contributed by atoms with Crippen LogP contribution in [-0.2, 0) is 19.5 Å². The average Bonchev–Trinajstić information content (AvgIpc) is 3.37. The fourth-order valence-corrected chi connectivity index (χ4v) is 3.57. The highest BCUT2D eigenvalue weighted by Crippen LogP contribution is 2.12. The van der Waals surface area contributed by atoms with Crippen LogP contribution in [0.25, 0.3) is 11.0 Å². The Morgan fingerprint density at radius 3 is 2.66 bits per heavy atom. The third-order valence-electron chi connectivity index (χ3n) is 4.29. The number of carbonyl (C=O) groups excluding carboxylic acids is 1. The SMILES string of the molecule is Cl.Cl.Cl.O=C(NCc1ncccc1F)c1csc(CNCCc2nc3ccccc3[nH]2)n1. The molecule has 0 saturated heterocycles. The van der Waals surface area contributed by atoms with Crippen LogP contribution in [0.4, 0.5) is 4.39 Å². The maximum Gasteiger partial charge on any atom is 0.271 e. The molecule has 7 nitrogen and oxygen atoms in total. The van der Waals surface area contributed by atoms with Crippen LogP contribution in [0.3, 0.4) is 0 Å². The highest BCUT2D eigenvalue weighted by Gasteiger charge is 2.12. The Labute approximate surface area is 206 Å². The van der Waals surface area contributed by atoms with Gasteiger partial charge >= 0.3 is 0 Å². The molecule has 4 rings (SSSR count). The summed E-state index contributed by atoms with van der Waals surface area (Å²) in [5, 5.41) is 8.45. The Bertz CT molecular complexity index is 1110. The van der Waals surface area contributed by atoms with Crippen LogP contribution < -0.4 is 10.6 Å². The predicted octanol–water partition coefficient (Wildman–Crippen LogP) is 4.08. The topological polar surface area (TPSA) is 95.6 Å². The van der Waals surface area contributed by atoms with E-state index in [1.54, 1.807) is 5.38 Å². The van der Waals surface area contributed by atoms with Crippen LogP contribution >= 0.6 is 48.6 Å². The van der Waals surface area contributed by atoms with Crippen molar-refractivity contribution in [2.45, 2.75) is 19.5 Å². The Hall–Kier alpha value is -2.30. The van der Waals surface area contributed by atoms with E-state index in [0.29, 0.717) is 12.2 Å². The lowest BCUT2D eigenvalue weighted by Gasteiger charge is -2.03. The molecule has 0 aliphatic rings. The van der Waals surface area contributed by atoms with Crippen LogP contribution in [0.5, 0.6) is 0 Å². The van der Waals surface area contributed by atoms with E-state index < -0.39 is 5.82 Å². The quantitative estimate of drug-likeness (QED) is 0.305. The highest BCUT2D eigenvalue weighted by molar-refractivity contribution is 7.09. The minimum absolute atomic E-state index is 0. The van der Waals surface area contributed by atoms with Crippen LogP contribution in [0.15, 0.2) is 48.0 Å². The van der Waals surface area contributed by atoms with E-state index in [9.17, 15) is 9.18 Å². The van der Waals surface area contributed by atoms with Gasteiger partial charge < -0.3 is 15.6 Å². The van der Waals surface area contributed by atoms with E-state index >= 15 is 0 Å². The molecule has 3 heterocycles. The van der Waals surface area contributed by atoms with Crippen molar-refractivity contribution >= 4 is 65.5 Å². The highest BCUT2D eigenvalue weighted by atomic mass is 35.5. The molecule has 12 heteroatoms. The van der Waals surface area contributed by atoms with Crippen molar-refractivity contribution in [3.05, 3.63) is 76.0 Å². The van der Waals surface area contributed by atoms with Crippen LogP contribution in [0.2, 0.25) is 0 Å². The number of pyridine rings is 1. The number of nitrogens with zero attached hydrogens (tertiary/aromatic N) is 3. The number of hydrogen-bond donors (Lipinski definition) is 3. The molecule has 1 amide bonds. The van der Waals surface area contributed by atoms with Crippen molar-refractivity contribution in [2.24, 2.45) is 0 Å². The second-order valence-corrected chi connectivity index (χ2v) is 7.31. The Morgan fingerprint density at radius 2 is 1.88 bits per heavy atom. The van der Waals surface area contributed by atoms with Gasteiger partial charge in [0.2, 0.25) is 0 Å². The first-order valence-electron chi connectivity index (χ1n) is 9.15. The van der Waals surface area contributed by atoms with Gasteiger partial charge in [-0.1, -0.05) is 12.1 Å². The number of halogens is 4. The van der Waals surface area contributed by atoms with Crippen molar-refractivity contribution in [1.29, 1.82) is 0 Å². The number of fused-ring (bicyclic) bond motifs is 1. The third-order valence-corrected chi connectivity index (χ3v) is 5.14. The fourth-order valence-electron chi connectivity index (χ4n) is 2.83. The van der Waals surface area contributed by atoms with Gasteiger partial charge in [0, 0.05) is 31.1 Å². The summed E-state index contributed by atoms with van der Waals surface area (Å²) in [6.07, 6.45) is 2.26. The van der Waals surface area contributed by atoms with Gasteiger partial charge in [-0.05, 0) is 24.3 Å². The van der Waals surface area contributed by atoms with Gasteiger partial charge in [-0.25, -0.2) is 14.4 Å². The summed E-state index contributed by atoms with van der Waals surface area (Å²) in [4.78, 5) is 28.3. The van der Waals surface area contributed by atoms with E-state index in [4.69, 9.17) is 0 Å². The first-order valence-corrected chi connectivity index (χ1v) is 10.0. The van der Waals surface area contributed by atoms with E-state index in [1.807, 2.05) is 24.3 Å². The second kappa shape index (κ2) is 13.3. The van der Waals surface area contributed by atoms with Crippen molar-refractivity contribution in [1.82, 2.24) is 30.6 Å². The van der Waals surface area contributed by atoms with E-state index in [-0.39, 0.29) is 55.4 Å². The molecule has 0 radical (unpaired) electrons. The van der Waals surface area contributed by atoms with Crippen molar-refractivity contribution in [2.75, 3.05) is 6.54 Å². The van der Waals surface area contributed by atoms with Crippen molar-refractivity contribution in [3.8, 4) is 0 Å². The maximum absolute atomic E-state index is 13.6. The summed E-state index contributed by atoms with van der Waals surface area (Å²) in [5.74, 6) is 0.139. The number of benzene rings is 1. The molecule has 172 valence electrons. The molecule has 3 aromatic heterocycles. The largest absolute Gasteiger partial charge is 0.345 e. The normalized spacial score (nSPS) is 10.0. The van der Waals surface area contributed by atoms with E-state index in [2.05, 4.69) is 30.6 Å². The van der Waals surface area contributed by atoms with Crippen LogP contribution in [-0.4, -0.2) is 32.4 Å². The minimum Gasteiger partial charge on any atom is -0.345 e. The van der Waals surface area contributed by atoms with Crippen molar-refractivity contribution < 1.29 is 9.18 Å². The molecule has 0 aliphatic carbocycles.